The average Bonchev–Trinajstić information content (AvgIpc) is 3.46. The zero-order chi connectivity index (χ0) is 28.5. The second-order valence-electron chi connectivity index (χ2n) is 11.2. The van der Waals surface area contributed by atoms with Gasteiger partial charge in [0.25, 0.3) is 5.91 Å². The molecule has 2 aromatic heterocycles. The van der Waals surface area contributed by atoms with Crippen molar-refractivity contribution in [3.05, 3.63) is 83.4 Å². The first-order valence-electron chi connectivity index (χ1n) is 14.5. The number of likely N-dealkylation sites (tertiary alicyclic amines) is 1. The number of ether oxygens (including phenoxy) is 1. The fourth-order valence-corrected chi connectivity index (χ4v) is 6.26. The lowest BCUT2D eigenvalue weighted by molar-refractivity contribution is 0.0592. The van der Waals surface area contributed by atoms with Gasteiger partial charge in [0.2, 0.25) is 0 Å². The van der Waals surface area contributed by atoms with Crippen molar-refractivity contribution < 1.29 is 14.3 Å². The summed E-state index contributed by atoms with van der Waals surface area (Å²) in [4.78, 5) is 28.4. The van der Waals surface area contributed by atoms with Crippen LogP contribution in [-0.4, -0.2) is 61.2 Å². The lowest BCUT2D eigenvalue weighted by Crippen LogP contribution is -2.43. The van der Waals surface area contributed by atoms with E-state index in [1.54, 1.807) is 10.9 Å². The Kier molecular flexibility index (Phi) is 7.43. The molecular formula is C32H36N6O3. The summed E-state index contributed by atoms with van der Waals surface area (Å²) in [6, 6.07) is 16.3. The van der Waals surface area contributed by atoms with Gasteiger partial charge in [-0.2, -0.15) is 5.10 Å². The number of carbonyl (C=O) groups is 2. The summed E-state index contributed by atoms with van der Waals surface area (Å²) < 4.78 is 8.63. The Balaban J connectivity index is 1.31. The molecule has 1 saturated carbocycles. The molecule has 1 aliphatic carbocycles. The maximum Gasteiger partial charge on any atom is 0.341 e. The molecule has 3 heterocycles. The number of hydrogen-bond donors (Lipinski definition) is 0. The predicted octanol–water partition coefficient (Wildman–Crippen LogP) is 5.52. The van der Waals surface area contributed by atoms with Gasteiger partial charge in [-0.1, -0.05) is 42.8 Å². The lowest BCUT2D eigenvalue weighted by atomic mass is 9.96. The highest BCUT2D eigenvalue weighted by atomic mass is 16.5. The molecule has 0 spiro atoms. The van der Waals surface area contributed by atoms with Crippen molar-refractivity contribution in [3.8, 4) is 16.8 Å². The van der Waals surface area contributed by atoms with E-state index in [1.165, 1.54) is 13.5 Å². The molecule has 0 bridgehead atoms. The third kappa shape index (κ3) is 5.28. The predicted molar refractivity (Wildman–Crippen MR) is 155 cm³/mol. The van der Waals surface area contributed by atoms with Crippen molar-refractivity contribution in [1.29, 1.82) is 0 Å². The van der Waals surface area contributed by atoms with Crippen molar-refractivity contribution in [2.45, 2.75) is 63.3 Å². The van der Waals surface area contributed by atoms with Crippen LogP contribution in [0.5, 0.6) is 0 Å². The van der Waals surface area contributed by atoms with Crippen LogP contribution in [0.3, 0.4) is 0 Å². The van der Waals surface area contributed by atoms with Crippen LogP contribution >= 0.6 is 0 Å². The number of nitrogens with zero attached hydrogens (tertiary/aromatic N) is 6. The number of aromatic nitrogens is 5. The van der Waals surface area contributed by atoms with Gasteiger partial charge in [0, 0.05) is 43.2 Å². The molecule has 2 aromatic carbocycles. The second-order valence-corrected chi connectivity index (χ2v) is 11.2. The van der Waals surface area contributed by atoms with Gasteiger partial charge in [0.15, 0.2) is 0 Å². The normalized spacial score (nSPS) is 20.2. The molecule has 212 valence electrons. The molecule has 3 unspecified atom stereocenters. The average molecular weight is 553 g/mol. The van der Waals surface area contributed by atoms with Crippen LogP contribution in [0.4, 0.5) is 0 Å². The Hall–Kier alpha value is -4.27. The van der Waals surface area contributed by atoms with Gasteiger partial charge in [-0.3, -0.25) is 9.48 Å². The number of benzene rings is 2. The SMILES string of the molecule is CCCC1CCCCN1C(=O)c1cccc(-c2cccc(-n3ncc(C(=O)OC)c3C3CC3c3cn(C)nn3)c2)c1. The van der Waals surface area contributed by atoms with Crippen molar-refractivity contribution in [2.24, 2.45) is 7.05 Å². The van der Waals surface area contributed by atoms with E-state index in [0.29, 0.717) is 17.2 Å². The number of hydrogen-bond acceptors (Lipinski definition) is 6. The molecule has 4 aromatic rings. The van der Waals surface area contributed by atoms with Gasteiger partial charge in [-0.15, -0.1) is 5.10 Å². The minimum Gasteiger partial charge on any atom is -0.465 e. The summed E-state index contributed by atoms with van der Waals surface area (Å²) in [5.74, 6) is -0.0483. The summed E-state index contributed by atoms with van der Waals surface area (Å²) in [6.07, 6.45) is 9.83. The number of piperidine rings is 1. The number of esters is 1. The van der Waals surface area contributed by atoms with Gasteiger partial charge in [0.05, 0.1) is 30.4 Å². The number of methoxy groups -OCH3 is 1. The van der Waals surface area contributed by atoms with Gasteiger partial charge >= 0.3 is 5.97 Å². The van der Waals surface area contributed by atoms with Crippen LogP contribution in [0.25, 0.3) is 16.8 Å². The van der Waals surface area contributed by atoms with E-state index < -0.39 is 5.97 Å². The second kappa shape index (κ2) is 11.3. The molecule has 41 heavy (non-hydrogen) atoms. The van der Waals surface area contributed by atoms with E-state index in [9.17, 15) is 9.59 Å². The first-order chi connectivity index (χ1) is 20.0. The molecule has 9 nitrogen and oxygen atoms in total. The van der Waals surface area contributed by atoms with Crippen molar-refractivity contribution in [1.82, 2.24) is 29.7 Å². The summed E-state index contributed by atoms with van der Waals surface area (Å²) in [5, 5.41) is 13.0. The molecule has 2 aliphatic rings. The van der Waals surface area contributed by atoms with Crippen molar-refractivity contribution in [2.75, 3.05) is 13.7 Å². The molecule has 9 heteroatoms. The Bertz CT molecular complexity index is 1570. The third-order valence-corrected chi connectivity index (χ3v) is 8.40. The van der Waals surface area contributed by atoms with E-state index in [4.69, 9.17) is 4.74 Å². The van der Waals surface area contributed by atoms with Gasteiger partial charge in [-0.05, 0) is 67.5 Å². The Morgan fingerprint density at radius 2 is 1.85 bits per heavy atom. The fraction of sp³-hybridized carbons (Fsp3) is 0.406. The molecule has 1 aliphatic heterocycles. The van der Waals surface area contributed by atoms with Crippen LogP contribution < -0.4 is 0 Å². The quantitative estimate of drug-likeness (QED) is 0.267. The van der Waals surface area contributed by atoms with Crippen molar-refractivity contribution in [3.63, 3.8) is 0 Å². The molecule has 1 saturated heterocycles. The van der Waals surface area contributed by atoms with Gasteiger partial charge < -0.3 is 9.64 Å². The van der Waals surface area contributed by atoms with Crippen molar-refractivity contribution >= 4 is 11.9 Å². The zero-order valence-corrected chi connectivity index (χ0v) is 23.9. The molecular weight excluding hydrogens is 516 g/mol. The molecule has 2 fully saturated rings. The zero-order valence-electron chi connectivity index (χ0n) is 23.9. The topological polar surface area (TPSA) is 95.1 Å². The number of aryl methyl sites for hydroxylation is 1. The number of rotatable bonds is 8. The minimum absolute atomic E-state index is 0.0773. The minimum atomic E-state index is -0.405. The lowest BCUT2D eigenvalue weighted by Gasteiger charge is -2.36. The summed E-state index contributed by atoms with van der Waals surface area (Å²) >= 11 is 0. The van der Waals surface area contributed by atoms with Gasteiger partial charge in [-0.25, -0.2) is 9.48 Å². The highest BCUT2D eigenvalue weighted by Gasteiger charge is 2.46. The fourth-order valence-electron chi connectivity index (χ4n) is 6.26. The van der Waals surface area contributed by atoms with E-state index in [0.717, 1.165) is 66.9 Å². The van der Waals surface area contributed by atoms with E-state index in [2.05, 4.69) is 33.3 Å². The molecule has 0 radical (unpaired) electrons. The molecule has 6 rings (SSSR count). The van der Waals surface area contributed by atoms with Crippen LogP contribution in [0, 0.1) is 0 Å². The van der Waals surface area contributed by atoms with E-state index in [1.807, 2.05) is 60.4 Å². The summed E-state index contributed by atoms with van der Waals surface area (Å²) in [5.41, 5.74) is 5.69. The van der Waals surface area contributed by atoms with E-state index in [-0.39, 0.29) is 17.7 Å². The monoisotopic (exact) mass is 552 g/mol. The standard InChI is InChI=1S/C32H36N6O3/c1-4-9-24-13-5-6-15-37(24)31(39)23-12-7-10-21(16-23)22-11-8-14-25(17-22)38-30(28(19-33-38)32(40)41-3)27-18-26(27)29-20-36(2)35-34-29/h7-8,10-12,14,16-17,19-20,24,26-27H,4-6,9,13,15,18H2,1-3H3. The maximum atomic E-state index is 13.6. The first-order valence-corrected chi connectivity index (χ1v) is 14.5. The maximum absolute atomic E-state index is 13.6. The summed E-state index contributed by atoms with van der Waals surface area (Å²) in [6.45, 7) is 3.01. The van der Waals surface area contributed by atoms with E-state index >= 15 is 0 Å². The Morgan fingerprint density at radius 1 is 1.05 bits per heavy atom. The highest BCUT2D eigenvalue weighted by Crippen LogP contribution is 2.55. The number of amides is 1. The van der Waals surface area contributed by atoms with Crippen LogP contribution in [0.1, 0.15) is 89.4 Å². The number of carbonyl (C=O) groups excluding carboxylic acids is 2. The highest BCUT2D eigenvalue weighted by molar-refractivity contribution is 5.96. The Morgan fingerprint density at radius 3 is 2.61 bits per heavy atom. The van der Waals surface area contributed by atoms with Crippen LogP contribution in [0.15, 0.2) is 60.9 Å². The van der Waals surface area contributed by atoms with Crippen LogP contribution in [0.2, 0.25) is 0 Å². The summed E-state index contributed by atoms with van der Waals surface area (Å²) in [7, 11) is 3.24. The van der Waals surface area contributed by atoms with Gasteiger partial charge in [0.1, 0.15) is 5.56 Å². The smallest absolute Gasteiger partial charge is 0.341 e. The van der Waals surface area contributed by atoms with Crippen LogP contribution in [-0.2, 0) is 11.8 Å². The first kappa shape index (κ1) is 26.9. The third-order valence-electron chi connectivity index (χ3n) is 8.40. The molecule has 3 atom stereocenters. The molecule has 0 N–H and O–H groups in total. The largest absolute Gasteiger partial charge is 0.465 e. The molecule has 1 amide bonds. The Labute approximate surface area is 240 Å².